The zero-order chi connectivity index (χ0) is 13.8. The van der Waals surface area contributed by atoms with Crippen molar-refractivity contribution in [2.24, 2.45) is 0 Å². The Morgan fingerprint density at radius 3 is 2.55 bits per heavy atom. The Hall–Kier alpha value is -1.80. The van der Waals surface area contributed by atoms with Gasteiger partial charge in [-0.2, -0.15) is 0 Å². The first-order valence-corrected chi connectivity index (χ1v) is 7.31. The molecule has 0 saturated heterocycles. The standard InChI is InChI=1S/C18H21NO/c1-14-6-8-15(9-7-14)13-20-18-5-3-2-4-16(18)12-19-17-10-11-17/h2-9,17,19H,10-13H2,1H3. The zero-order valence-electron chi connectivity index (χ0n) is 11.9. The Labute approximate surface area is 120 Å². The summed E-state index contributed by atoms with van der Waals surface area (Å²) in [6, 6.07) is 17.5. The molecule has 1 N–H and O–H groups in total. The Kier molecular flexibility index (Phi) is 4.03. The van der Waals surface area contributed by atoms with Gasteiger partial charge in [0.15, 0.2) is 0 Å². The summed E-state index contributed by atoms with van der Waals surface area (Å²) < 4.78 is 5.98. The van der Waals surface area contributed by atoms with Crippen molar-refractivity contribution in [2.45, 2.75) is 39.0 Å². The number of ether oxygens (including phenoxy) is 1. The van der Waals surface area contributed by atoms with Crippen LogP contribution in [-0.2, 0) is 13.2 Å². The molecule has 1 fully saturated rings. The molecular weight excluding hydrogens is 246 g/mol. The summed E-state index contributed by atoms with van der Waals surface area (Å²) in [6.45, 7) is 3.62. The average Bonchev–Trinajstić information content (AvgIpc) is 3.30. The summed E-state index contributed by atoms with van der Waals surface area (Å²) in [6.07, 6.45) is 2.62. The molecule has 20 heavy (non-hydrogen) atoms. The molecule has 0 heterocycles. The van der Waals surface area contributed by atoms with Gasteiger partial charge in [0, 0.05) is 18.2 Å². The van der Waals surface area contributed by atoms with E-state index in [1.165, 1.54) is 29.5 Å². The van der Waals surface area contributed by atoms with E-state index in [0.717, 1.165) is 18.3 Å². The van der Waals surface area contributed by atoms with Crippen LogP contribution in [0.1, 0.15) is 29.5 Å². The van der Waals surface area contributed by atoms with Gasteiger partial charge in [-0.05, 0) is 31.4 Å². The van der Waals surface area contributed by atoms with Crippen LogP contribution >= 0.6 is 0 Å². The molecule has 2 nitrogen and oxygen atoms in total. The maximum atomic E-state index is 5.98. The Balaban J connectivity index is 1.62. The fourth-order valence-electron chi connectivity index (χ4n) is 2.18. The molecular formula is C18H21NO. The predicted molar refractivity (Wildman–Crippen MR) is 81.8 cm³/mol. The molecule has 2 aromatic rings. The second-order valence-corrected chi connectivity index (χ2v) is 5.54. The minimum atomic E-state index is 0.626. The molecule has 0 bridgehead atoms. The molecule has 104 valence electrons. The Morgan fingerprint density at radius 1 is 1.05 bits per heavy atom. The zero-order valence-corrected chi connectivity index (χ0v) is 11.9. The van der Waals surface area contributed by atoms with Crippen LogP contribution < -0.4 is 10.1 Å². The number of rotatable bonds is 6. The monoisotopic (exact) mass is 267 g/mol. The van der Waals surface area contributed by atoms with Crippen LogP contribution in [0.2, 0.25) is 0 Å². The normalized spacial score (nSPS) is 14.2. The number of nitrogens with one attached hydrogen (secondary N) is 1. The van der Waals surface area contributed by atoms with E-state index in [4.69, 9.17) is 4.74 Å². The van der Waals surface area contributed by atoms with Crippen LogP contribution in [-0.4, -0.2) is 6.04 Å². The van der Waals surface area contributed by atoms with Crippen molar-refractivity contribution in [1.29, 1.82) is 0 Å². The maximum Gasteiger partial charge on any atom is 0.124 e. The largest absolute Gasteiger partial charge is 0.489 e. The first-order valence-electron chi connectivity index (χ1n) is 7.31. The van der Waals surface area contributed by atoms with E-state index in [2.05, 4.69) is 54.7 Å². The lowest BCUT2D eigenvalue weighted by atomic mass is 10.1. The Morgan fingerprint density at radius 2 is 1.80 bits per heavy atom. The number of aryl methyl sites for hydroxylation is 1. The molecule has 0 aromatic heterocycles. The molecule has 0 unspecified atom stereocenters. The van der Waals surface area contributed by atoms with Crippen LogP contribution in [0.15, 0.2) is 48.5 Å². The lowest BCUT2D eigenvalue weighted by Crippen LogP contribution is -2.16. The predicted octanol–water partition coefficient (Wildman–Crippen LogP) is 3.83. The Bertz CT molecular complexity index is 558. The van der Waals surface area contributed by atoms with E-state index in [1.54, 1.807) is 0 Å². The van der Waals surface area contributed by atoms with Crippen LogP contribution in [0.5, 0.6) is 5.75 Å². The molecule has 3 rings (SSSR count). The van der Waals surface area contributed by atoms with Crippen molar-refractivity contribution in [2.75, 3.05) is 0 Å². The first-order chi connectivity index (χ1) is 9.81. The fourth-order valence-corrected chi connectivity index (χ4v) is 2.18. The number of para-hydroxylation sites is 1. The van der Waals surface area contributed by atoms with E-state index in [1.807, 2.05) is 6.07 Å². The van der Waals surface area contributed by atoms with E-state index >= 15 is 0 Å². The van der Waals surface area contributed by atoms with Crippen LogP contribution in [0.25, 0.3) is 0 Å². The van der Waals surface area contributed by atoms with Gasteiger partial charge in [-0.25, -0.2) is 0 Å². The van der Waals surface area contributed by atoms with Gasteiger partial charge >= 0.3 is 0 Å². The van der Waals surface area contributed by atoms with Gasteiger partial charge in [0.25, 0.3) is 0 Å². The second kappa shape index (κ2) is 6.10. The molecule has 0 atom stereocenters. The van der Waals surface area contributed by atoms with Crippen LogP contribution in [0.4, 0.5) is 0 Å². The minimum absolute atomic E-state index is 0.626. The third-order valence-electron chi connectivity index (χ3n) is 3.65. The SMILES string of the molecule is Cc1ccc(COc2ccccc2CNC2CC2)cc1. The molecule has 1 aliphatic carbocycles. The highest BCUT2D eigenvalue weighted by Crippen LogP contribution is 2.23. The number of benzene rings is 2. The molecule has 2 aromatic carbocycles. The third-order valence-corrected chi connectivity index (χ3v) is 3.65. The quantitative estimate of drug-likeness (QED) is 0.859. The molecule has 0 spiro atoms. The molecule has 0 amide bonds. The van der Waals surface area contributed by atoms with Gasteiger partial charge in [0.05, 0.1) is 0 Å². The molecule has 2 heteroatoms. The smallest absolute Gasteiger partial charge is 0.124 e. The van der Waals surface area contributed by atoms with Crippen molar-refractivity contribution in [3.05, 3.63) is 65.2 Å². The number of hydrogen-bond acceptors (Lipinski definition) is 2. The highest BCUT2D eigenvalue weighted by Gasteiger charge is 2.20. The summed E-state index contributed by atoms with van der Waals surface area (Å²) in [5.41, 5.74) is 3.73. The first kappa shape index (κ1) is 13.2. The third kappa shape index (κ3) is 3.61. The summed E-state index contributed by atoms with van der Waals surface area (Å²) in [7, 11) is 0. The van der Waals surface area contributed by atoms with Gasteiger partial charge < -0.3 is 10.1 Å². The summed E-state index contributed by atoms with van der Waals surface area (Å²) >= 11 is 0. The van der Waals surface area contributed by atoms with E-state index in [9.17, 15) is 0 Å². The van der Waals surface area contributed by atoms with Crippen molar-refractivity contribution in [3.8, 4) is 5.75 Å². The van der Waals surface area contributed by atoms with E-state index in [0.29, 0.717) is 6.61 Å². The average molecular weight is 267 g/mol. The number of hydrogen-bond donors (Lipinski definition) is 1. The van der Waals surface area contributed by atoms with Crippen LogP contribution in [0.3, 0.4) is 0 Å². The fraction of sp³-hybridized carbons (Fsp3) is 0.333. The second-order valence-electron chi connectivity index (χ2n) is 5.54. The summed E-state index contributed by atoms with van der Waals surface area (Å²) in [4.78, 5) is 0. The maximum absolute atomic E-state index is 5.98. The lowest BCUT2D eigenvalue weighted by Gasteiger charge is -2.12. The highest BCUT2D eigenvalue weighted by atomic mass is 16.5. The van der Waals surface area contributed by atoms with Crippen molar-refractivity contribution < 1.29 is 4.74 Å². The van der Waals surface area contributed by atoms with Gasteiger partial charge in [-0.3, -0.25) is 0 Å². The topological polar surface area (TPSA) is 21.3 Å². The molecule has 0 radical (unpaired) electrons. The van der Waals surface area contributed by atoms with E-state index < -0.39 is 0 Å². The van der Waals surface area contributed by atoms with Crippen molar-refractivity contribution >= 4 is 0 Å². The van der Waals surface area contributed by atoms with E-state index in [-0.39, 0.29) is 0 Å². The summed E-state index contributed by atoms with van der Waals surface area (Å²) in [5.74, 6) is 0.987. The summed E-state index contributed by atoms with van der Waals surface area (Å²) in [5, 5.41) is 3.54. The lowest BCUT2D eigenvalue weighted by molar-refractivity contribution is 0.302. The van der Waals surface area contributed by atoms with Crippen molar-refractivity contribution in [3.63, 3.8) is 0 Å². The minimum Gasteiger partial charge on any atom is -0.489 e. The van der Waals surface area contributed by atoms with Gasteiger partial charge in [-0.1, -0.05) is 48.0 Å². The molecule has 0 aliphatic heterocycles. The van der Waals surface area contributed by atoms with Crippen LogP contribution in [0, 0.1) is 6.92 Å². The molecule has 1 aliphatic rings. The van der Waals surface area contributed by atoms with Gasteiger partial charge in [0.1, 0.15) is 12.4 Å². The van der Waals surface area contributed by atoms with Gasteiger partial charge in [-0.15, -0.1) is 0 Å². The van der Waals surface area contributed by atoms with Crippen molar-refractivity contribution in [1.82, 2.24) is 5.32 Å². The van der Waals surface area contributed by atoms with Gasteiger partial charge in [0.2, 0.25) is 0 Å². The highest BCUT2D eigenvalue weighted by molar-refractivity contribution is 5.33. The molecule has 1 saturated carbocycles.